The van der Waals surface area contributed by atoms with Gasteiger partial charge in [0.2, 0.25) is 10.0 Å². The zero-order valence-electron chi connectivity index (χ0n) is 15.2. The summed E-state index contributed by atoms with van der Waals surface area (Å²) >= 11 is 0. The quantitative estimate of drug-likeness (QED) is 0.820. The number of sulfonamides is 1. The fraction of sp³-hybridized carbons (Fsp3) is 0.611. The second kappa shape index (κ2) is 8.04. The largest absolute Gasteiger partial charge is 0.396 e. The van der Waals surface area contributed by atoms with Crippen molar-refractivity contribution in [3.63, 3.8) is 0 Å². The van der Waals surface area contributed by atoms with Gasteiger partial charge >= 0.3 is 0 Å². The predicted octanol–water partition coefficient (Wildman–Crippen LogP) is 0.467. The lowest BCUT2D eigenvalue weighted by Gasteiger charge is -2.32. The Morgan fingerprint density at radius 2 is 1.77 bits per heavy atom. The number of aliphatic hydroxyl groups excluding tert-OH is 1. The monoisotopic (exact) mass is 381 g/mol. The molecular formula is C18H27N3O4S. The molecule has 2 heterocycles. The Morgan fingerprint density at radius 3 is 2.38 bits per heavy atom. The summed E-state index contributed by atoms with van der Waals surface area (Å²) in [5, 5.41) is 9.31. The summed E-state index contributed by atoms with van der Waals surface area (Å²) in [6, 6.07) is 6.23. The molecule has 1 amide bonds. The van der Waals surface area contributed by atoms with Crippen molar-refractivity contribution in [2.24, 2.45) is 5.92 Å². The topological polar surface area (TPSA) is 81.2 Å². The summed E-state index contributed by atoms with van der Waals surface area (Å²) < 4.78 is 27.0. The van der Waals surface area contributed by atoms with Crippen molar-refractivity contribution < 1.29 is 18.3 Å². The maximum atomic E-state index is 12.7. The highest BCUT2D eigenvalue weighted by Crippen LogP contribution is 2.21. The molecule has 1 atom stereocenters. The molecule has 1 N–H and O–H groups in total. The van der Waals surface area contributed by atoms with Crippen molar-refractivity contribution in [2.45, 2.75) is 17.7 Å². The van der Waals surface area contributed by atoms with Crippen LogP contribution in [0.25, 0.3) is 0 Å². The number of nitrogens with zero attached hydrogens (tertiary/aromatic N) is 3. The van der Waals surface area contributed by atoms with E-state index in [-0.39, 0.29) is 23.3 Å². The molecular weight excluding hydrogens is 354 g/mol. The van der Waals surface area contributed by atoms with Crippen LogP contribution in [0.15, 0.2) is 29.2 Å². The van der Waals surface area contributed by atoms with Crippen LogP contribution < -0.4 is 0 Å². The van der Waals surface area contributed by atoms with Crippen molar-refractivity contribution in [1.82, 2.24) is 14.1 Å². The molecule has 0 spiro atoms. The molecule has 26 heavy (non-hydrogen) atoms. The lowest BCUT2D eigenvalue weighted by molar-refractivity contribution is 0.0620. The standard InChI is InChI=1S/C18H27N3O4S/c1-19-9-11-21(12-10-19)26(24,25)17-6-4-16(5-7-17)18(23)20-8-2-3-15(13-20)14-22/h4-7,15,22H,2-3,8-14H2,1H3. The highest BCUT2D eigenvalue weighted by atomic mass is 32.2. The van der Waals surface area contributed by atoms with Gasteiger partial charge in [0.15, 0.2) is 0 Å². The molecule has 144 valence electrons. The molecule has 0 saturated carbocycles. The highest BCUT2D eigenvalue weighted by Gasteiger charge is 2.28. The summed E-state index contributed by atoms with van der Waals surface area (Å²) in [5.74, 6) is 0.0243. The number of likely N-dealkylation sites (N-methyl/N-ethyl adjacent to an activating group) is 1. The number of hydrogen-bond acceptors (Lipinski definition) is 5. The second-order valence-electron chi connectivity index (χ2n) is 7.17. The SMILES string of the molecule is CN1CCN(S(=O)(=O)c2ccc(C(=O)N3CCCC(CO)C3)cc2)CC1. The number of amides is 1. The van der Waals surface area contributed by atoms with Gasteiger partial charge in [-0.15, -0.1) is 0 Å². The Hall–Kier alpha value is -1.48. The van der Waals surface area contributed by atoms with Crippen molar-refractivity contribution in [1.29, 1.82) is 0 Å². The first-order chi connectivity index (χ1) is 12.4. The Balaban J connectivity index is 1.70. The van der Waals surface area contributed by atoms with Crippen LogP contribution in [0, 0.1) is 5.92 Å². The fourth-order valence-electron chi connectivity index (χ4n) is 3.53. The van der Waals surface area contributed by atoms with E-state index in [9.17, 15) is 18.3 Å². The number of rotatable bonds is 4. The summed E-state index contributed by atoms with van der Waals surface area (Å²) in [5.41, 5.74) is 0.487. The molecule has 0 radical (unpaired) electrons. The zero-order chi connectivity index (χ0) is 18.7. The molecule has 0 aliphatic carbocycles. The molecule has 1 aromatic rings. The van der Waals surface area contributed by atoms with E-state index in [1.807, 2.05) is 7.05 Å². The Kier molecular flexibility index (Phi) is 5.96. The van der Waals surface area contributed by atoms with Gasteiger partial charge in [-0.1, -0.05) is 0 Å². The normalized spacial score (nSPS) is 23.2. The van der Waals surface area contributed by atoms with E-state index in [0.29, 0.717) is 31.7 Å². The first-order valence-corrected chi connectivity index (χ1v) is 10.5. The van der Waals surface area contributed by atoms with Gasteiger partial charge in [-0.3, -0.25) is 4.79 Å². The summed E-state index contributed by atoms with van der Waals surface area (Å²) in [4.78, 5) is 16.7. The van der Waals surface area contributed by atoms with Gasteiger partial charge in [0, 0.05) is 51.4 Å². The van der Waals surface area contributed by atoms with E-state index in [0.717, 1.165) is 25.9 Å². The molecule has 2 fully saturated rings. The van der Waals surface area contributed by atoms with E-state index < -0.39 is 10.0 Å². The predicted molar refractivity (Wildman–Crippen MR) is 98.4 cm³/mol. The fourth-order valence-corrected chi connectivity index (χ4v) is 4.95. The number of aliphatic hydroxyl groups is 1. The molecule has 0 bridgehead atoms. The van der Waals surface area contributed by atoms with E-state index in [2.05, 4.69) is 4.90 Å². The maximum Gasteiger partial charge on any atom is 0.253 e. The van der Waals surface area contributed by atoms with Gasteiger partial charge in [0.05, 0.1) is 4.90 Å². The van der Waals surface area contributed by atoms with Gasteiger partial charge in [-0.05, 0) is 50.1 Å². The first-order valence-electron chi connectivity index (χ1n) is 9.10. The van der Waals surface area contributed by atoms with Crippen LogP contribution in [0.2, 0.25) is 0 Å². The van der Waals surface area contributed by atoms with E-state index >= 15 is 0 Å². The molecule has 1 unspecified atom stereocenters. The summed E-state index contributed by atoms with van der Waals surface area (Å²) in [6.07, 6.45) is 1.81. The Bertz CT molecular complexity index is 727. The third-order valence-corrected chi connectivity index (χ3v) is 7.18. The van der Waals surface area contributed by atoms with Crippen molar-refractivity contribution in [3.8, 4) is 0 Å². The van der Waals surface area contributed by atoms with Gasteiger partial charge in [-0.2, -0.15) is 4.31 Å². The minimum Gasteiger partial charge on any atom is -0.396 e. The lowest BCUT2D eigenvalue weighted by atomic mass is 9.98. The van der Waals surface area contributed by atoms with Gasteiger partial charge in [0.1, 0.15) is 0 Å². The van der Waals surface area contributed by atoms with Crippen LogP contribution in [-0.4, -0.2) is 86.5 Å². The Labute approximate surface area is 155 Å². The molecule has 7 nitrogen and oxygen atoms in total. The molecule has 1 aromatic carbocycles. The number of carbonyl (C=O) groups excluding carboxylic acids is 1. The minimum absolute atomic E-state index is 0.0893. The highest BCUT2D eigenvalue weighted by molar-refractivity contribution is 7.89. The molecule has 0 aromatic heterocycles. The average Bonchev–Trinajstić information content (AvgIpc) is 2.68. The third-order valence-electron chi connectivity index (χ3n) is 5.27. The van der Waals surface area contributed by atoms with Crippen LogP contribution in [-0.2, 0) is 10.0 Å². The minimum atomic E-state index is -3.52. The van der Waals surface area contributed by atoms with Crippen LogP contribution >= 0.6 is 0 Å². The maximum absolute atomic E-state index is 12.7. The van der Waals surface area contributed by atoms with Gasteiger partial charge in [0.25, 0.3) is 5.91 Å². The van der Waals surface area contributed by atoms with Crippen LogP contribution in [0.4, 0.5) is 0 Å². The first kappa shape index (κ1) is 19.3. The number of benzene rings is 1. The smallest absolute Gasteiger partial charge is 0.253 e. The van der Waals surface area contributed by atoms with Gasteiger partial charge < -0.3 is 14.9 Å². The number of hydrogen-bond donors (Lipinski definition) is 1. The van der Waals surface area contributed by atoms with Crippen LogP contribution in [0.5, 0.6) is 0 Å². The third kappa shape index (κ3) is 4.09. The van der Waals surface area contributed by atoms with Crippen LogP contribution in [0.3, 0.4) is 0 Å². The number of piperidine rings is 1. The summed E-state index contributed by atoms with van der Waals surface area (Å²) in [6.45, 7) is 3.72. The molecule has 2 aliphatic rings. The number of carbonyl (C=O) groups is 1. The van der Waals surface area contributed by atoms with E-state index in [4.69, 9.17) is 0 Å². The van der Waals surface area contributed by atoms with Gasteiger partial charge in [-0.25, -0.2) is 8.42 Å². The van der Waals surface area contributed by atoms with Crippen LogP contribution in [0.1, 0.15) is 23.2 Å². The summed E-state index contributed by atoms with van der Waals surface area (Å²) in [7, 11) is -1.54. The van der Waals surface area contributed by atoms with E-state index in [1.165, 1.54) is 16.4 Å². The zero-order valence-corrected chi connectivity index (χ0v) is 16.0. The molecule has 3 rings (SSSR count). The number of likely N-dealkylation sites (tertiary alicyclic amines) is 1. The van der Waals surface area contributed by atoms with Crippen molar-refractivity contribution in [3.05, 3.63) is 29.8 Å². The number of piperazine rings is 1. The van der Waals surface area contributed by atoms with Crippen molar-refractivity contribution >= 4 is 15.9 Å². The molecule has 8 heteroatoms. The molecule has 2 aliphatic heterocycles. The second-order valence-corrected chi connectivity index (χ2v) is 9.11. The van der Waals surface area contributed by atoms with E-state index in [1.54, 1.807) is 17.0 Å². The lowest BCUT2D eigenvalue weighted by Crippen LogP contribution is -2.47. The molecule has 2 saturated heterocycles. The average molecular weight is 381 g/mol. The Morgan fingerprint density at radius 1 is 1.12 bits per heavy atom. The van der Waals surface area contributed by atoms with Crippen molar-refractivity contribution in [2.75, 3.05) is 52.9 Å².